The summed E-state index contributed by atoms with van der Waals surface area (Å²) in [6, 6.07) is 7.32. The van der Waals surface area contributed by atoms with Crippen LogP contribution in [0.25, 0.3) is 0 Å². The summed E-state index contributed by atoms with van der Waals surface area (Å²) in [5, 5.41) is 3.35. The number of hydrogen-bond donors (Lipinski definition) is 1. The summed E-state index contributed by atoms with van der Waals surface area (Å²) in [7, 11) is 0. The zero-order chi connectivity index (χ0) is 15.6. The number of piperazine rings is 1. The van der Waals surface area contributed by atoms with Crippen LogP contribution in [0.5, 0.6) is 0 Å². The van der Waals surface area contributed by atoms with E-state index in [1.807, 2.05) is 12.1 Å². The molecule has 2 fully saturated rings. The molecule has 0 amide bonds. The van der Waals surface area contributed by atoms with Gasteiger partial charge in [-0.25, -0.2) is 0 Å². The average molecular weight is 330 g/mol. The van der Waals surface area contributed by atoms with Gasteiger partial charge in [-0.2, -0.15) is 13.2 Å². The van der Waals surface area contributed by atoms with Gasteiger partial charge in [0.25, 0.3) is 0 Å². The first kappa shape index (κ1) is 16.1. The fraction of sp³-hybridized carbons (Fsp3) is 0.625. The van der Waals surface area contributed by atoms with Crippen LogP contribution in [-0.4, -0.2) is 36.6 Å². The minimum Gasteiger partial charge on any atom is -0.314 e. The summed E-state index contributed by atoms with van der Waals surface area (Å²) >= 11 is -0.0406. The average Bonchev–Trinajstić information content (AvgIpc) is 3.29. The van der Waals surface area contributed by atoms with E-state index in [0.717, 1.165) is 44.1 Å². The van der Waals surface area contributed by atoms with Crippen molar-refractivity contribution < 1.29 is 13.2 Å². The Balaban J connectivity index is 1.72. The van der Waals surface area contributed by atoms with Crippen LogP contribution in [0.4, 0.5) is 13.2 Å². The Labute approximate surface area is 133 Å². The first-order chi connectivity index (χ1) is 10.5. The molecule has 22 heavy (non-hydrogen) atoms. The second-order valence-electron chi connectivity index (χ2n) is 6.10. The van der Waals surface area contributed by atoms with Crippen molar-refractivity contribution in [3.05, 3.63) is 29.8 Å². The molecule has 1 heterocycles. The minimum absolute atomic E-state index is 0.0406. The van der Waals surface area contributed by atoms with E-state index in [-0.39, 0.29) is 16.7 Å². The molecule has 1 aromatic rings. The molecule has 0 aromatic heterocycles. The molecule has 1 saturated heterocycles. The van der Waals surface area contributed by atoms with Gasteiger partial charge < -0.3 is 5.32 Å². The van der Waals surface area contributed by atoms with Gasteiger partial charge in [-0.3, -0.25) is 4.90 Å². The van der Waals surface area contributed by atoms with Crippen molar-refractivity contribution in [1.29, 1.82) is 0 Å². The molecular formula is C16H21F3N2S. The largest absolute Gasteiger partial charge is 0.446 e. The SMILES string of the molecule is FC(F)(F)Sc1ccc([C@H](CC2CC2)N2CCNCC2)cc1. The normalized spacial score (nSPS) is 21.8. The number of hydrogen-bond acceptors (Lipinski definition) is 3. The second kappa shape index (κ2) is 6.81. The molecule has 6 heteroatoms. The molecule has 0 radical (unpaired) electrons. The third-order valence-corrected chi connectivity index (χ3v) is 5.08. The Morgan fingerprint density at radius 2 is 1.77 bits per heavy atom. The third kappa shape index (κ3) is 4.64. The van der Waals surface area contributed by atoms with E-state index in [9.17, 15) is 13.2 Å². The lowest BCUT2D eigenvalue weighted by molar-refractivity contribution is -0.0328. The summed E-state index contributed by atoms with van der Waals surface area (Å²) < 4.78 is 37.3. The van der Waals surface area contributed by atoms with E-state index in [1.54, 1.807) is 12.1 Å². The molecule has 1 saturated carbocycles. The predicted molar refractivity (Wildman–Crippen MR) is 82.9 cm³/mol. The molecule has 0 spiro atoms. The van der Waals surface area contributed by atoms with E-state index in [1.165, 1.54) is 12.8 Å². The lowest BCUT2D eigenvalue weighted by atomic mass is 9.99. The maximum atomic E-state index is 12.4. The Morgan fingerprint density at radius 3 is 2.32 bits per heavy atom. The van der Waals surface area contributed by atoms with Crippen molar-refractivity contribution in [2.45, 2.75) is 35.7 Å². The quantitative estimate of drug-likeness (QED) is 0.820. The van der Waals surface area contributed by atoms with Crippen LogP contribution in [0.2, 0.25) is 0 Å². The fourth-order valence-electron chi connectivity index (χ4n) is 3.05. The number of alkyl halides is 3. The highest BCUT2D eigenvalue weighted by molar-refractivity contribution is 8.00. The fourth-order valence-corrected chi connectivity index (χ4v) is 3.59. The van der Waals surface area contributed by atoms with Gasteiger partial charge in [0.05, 0.1) is 0 Å². The summed E-state index contributed by atoms with van der Waals surface area (Å²) in [6.07, 6.45) is 3.72. The van der Waals surface area contributed by atoms with Crippen molar-refractivity contribution in [3.63, 3.8) is 0 Å². The number of thioether (sulfide) groups is 1. The summed E-state index contributed by atoms with van der Waals surface area (Å²) in [6.45, 7) is 4.00. The molecule has 1 aliphatic heterocycles. The molecular weight excluding hydrogens is 309 g/mol. The maximum absolute atomic E-state index is 12.4. The van der Waals surface area contributed by atoms with Crippen molar-refractivity contribution >= 4 is 11.8 Å². The Morgan fingerprint density at radius 1 is 1.14 bits per heavy atom. The van der Waals surface area contributed by atoms with Crippen molar-refractivity contribution in [3.8, 4) is 0 Å². The van der Waals surface area contributed by atoms with Gasteiger partial charge in [0.1, 0.15) is 0 Å². The molecule has 1 aromatic carbocycles. The minimum atomic E-state index is -4.21. The zero-order valence-electron chi connectivity index (χ0n) is 12.4. The number of rotatable bonds is 5. The molecule has 1 aliphatic carbocycles. The van der Waals surface area contributed by atoms with Gasteiger partial charge in [-0.05, 0) is 41.8 Å². The number of nitrogens with zero attached hydrogens (tertiary/aromatic N) is 1. The van der Waals surface area contributed by atoms with E-state index in [4.69, 9.17) is 0 Å². The lowest BCUT2D eigenvalue weighted by Gasteiger charge is -2.35. The smallest absolute Gasteiger partial charge is 0.314 e. The Hall–Kier alpha value is -0.720. The Bertz CT molecular complexity index is 479. The first-order valence-corrected chi connectivity index (χ1v) is 8.63. The maximum Gasteiger partial charge on any atom is 0.446 e. The lowest BCUT2D eigenvalue weighted by Crippen LogP contribution is -2.45. The van der Waals surface area contributed by atoms with Crippen LogP contribution >= 0.6 is 11.8 Å². The van der Waals surface area contributed by atoms with E-state index in [2.05, 4.69) is 10.2 Å². The van der Waals surface area contributed by atoms with Gasteiger partial charge in [0, 0.05) is 37.1 Å². The van der Waals surface area contributed by atoms with Crippen molar-refractivity contribution in [2.24, 2.45) is 5.92 Å². The monoisotopic (exact) mass is 330 g/mol. The molecule has 0 bridgehead atoms. The summed E-state index contributed by atoms with van der Waals surface area (Å²) in [5.74, 6) is 0.795. The molecule has 1 atom stereocenters. The van der Waals surface area contributed by atoms with Crippen LogP contribution in [0.1, 0.15) is 30.9 Å². The zero-order valence-corrected chi connectivity index (χ0v) is 13.2. The highest BCUT2D eigenvalue weighted by Crippen LogP contribution is 2.41. The highest BCUT2D eigenvalue weighted by atomic mass is 32.2. The summed E-state index contributed by atoms with van der Waals surface area (Å²) in [5.41, 5.74) is -3.06. The standard InChI is InChI=1S/C16H21F3N2S/c17-16(18,19)22-14-5-3-13(4-6-14)15(11-12-1-2-12)21-9-7-20-8-10-21/h3-6,12,15,20H,1-2,7-11H2/t15-/m0/s1. The van der Waals surface area contributed by atoms with Gasteiger partial charge in [0.15, 0.2) is 0 Å². The van der Waals surface area contributed by atoms with E-state index >= 15 is 0 Å². The van der Waals surface area contributed by atoms with E-state index < -0.39 is 5.51 Å². The van der Waals surface area contributed by atoms with Gasteiger partial charge in [-0.1, -0.05) is 25.0 Å². The molecule has 122 valence electrons. The first-order valence-electron chi connectivity index (χ1n) is 7.82. The number of nitrogens with one attached hydrogen (secondary N) is 1. The van der Waals surface area contributed by atoms with E-state index in [0.29, 0.717) is 6.04 Å². The predicted octanol–water partition coefficient (Wildman–Crippen LogP) is 4.04. The van der Waals surface area contributed by atoms with Crippen molar-refractivity contribution in [2.75, 3.05) is 26.2 Å². The second-order valence-corrected chi connectivity index (χ2v) is 7.24. The molecule has 1 N–H and O–H groups in total. The van der Waals surface area contributed by atoms with Crippen LogP contribution < -0.4 is 5.32 Å². The van der Waals surface area contributed by atoms with Crippen LogP contribution in [0.15, 0.2) is 29.2 Å². The number of benzene rings is 1. The molecule has 2 aliphatic rings. The third-order valence-electron chi connectivity index (χ3n) is 4.34. The highest BCUT2D eigenvalue weighted by Gasteiger charge is 2.31. The molecule has 2 nitrogen and oxygen atoms in total. The Kier molecular flexibility index (Phi) is 5.00. The summed E-state index contributed by atoms with van der Waals surface area (Å²) in [4.78, 5) is 2.74. The molecule has 3 rings (SSSR count). The van der Waals surface area contributed by atoms with Gasteiger partial charge >= 0.3 is 5.51 Å². The van der Waals surface area contributed by atoms with Crippen LogP contribution in [0, 0.1) is 5.92 Å². The van der Waals surface area contributed by atoms with Crippen LogP contribution in [0.3, 0.4) is 0 Å². The molecule has 0 unspecified atom stereocenters. The topological polar surface area (TPSA) is 15.3 Å². The van der Waals surface area contributed by atoms with Crippen LogP contribution in [-0.2, 0) is 0 Å². The number of halogens is 3. The van der Waals surface area contributed by atoms with Gasteiger partial charge in [0.2, 0.25) is 0 Å². The van der Waals surface area contributed by atoms with Gasteiger partial charge in [-0.15, -0.1) is 0 Å². The van der Waals surface area contributed by atoms with Crippen molar-refractivity contribution in [1.82, 2.24) is 10.2 Å².